The largest absolute Gasteiger partial charge is 0.268 e. The molecule has 3 nitrogen and oxygen atoms in total. The van der Waals surface area contributed by atoms with Crippen LogP contribution in [-0.4, -0.2) is 10.2 Å². The number of rotatable bonds is 2. The number of aromatic amines is 1. The van der Waals surface area contributed by atoms with Crippen molar-refractivity contribution in [3.8, 4) is 22.4 Å². The summed E-state index contributed by atoms with van der Waals surface area (Å²) in [6.45, 7) is 1.89. The standard InChI is InChI=1S/C17H13BrN2O/c1-11-10-16(21)19-20-17(11)14-4-2-12(3-5-14)13-6-8-15(18)9-7-13/h2-10H,1H3,(H,19,21). The molecule has 0 aliphatic rings. The Morgan fingerprint density at radius 1 is 0.905 bits per heavy atom. The first kappa shape index (κ1) is 13.8. The van der Waals surface area contributed by atoms with Crippen LogP contribution < -0.4 is 5.56 Å². The molecule has 2 aromatic carbocycles. The Morgan fingerprint density at radius 3 is 2.00 bits per heavy atom. The molecule has 21 heavy (non-hydrogen) atoms. The summed E-state index contributed by atoms with van der Waals surface area (Å²) >= 11 is 3.44. The monoisotopic (exact) mass is 340 g/mol. The number of nitrogens with zero attached hydrogens (tertiary/aromatic N) is 1. The average Bonchev–Trinajstić information content (AvgIpc) is 2.48. The van der Waals surface area contributed by atoms with Crippen LogP contribution in [0.4, 0.5) is 0 Å². The molecule has 104 valence electrons. The summed E-state index contributed by atoms with van der Waals surface area (Å²) < 4.78 is 1.07. The molecule has 0 amide bonds. The number of H-pyrrole nitrogens is 1. The van der Waals surface area contributed by atoms with Gasteiger partial charge in [0.25, 0.3) is 5.56 Å². The molecule has 1 aromatic heterocycles. The Labute approximate surface area is 130 Å². The molecule has 0 saturated carbocycles. The summed E-state index contributed by atoms with van der Waals surface area (Å²) in [5, 5.41) is 6.60. The topological polar surface area (TPSA) is 45.8 Å². The minimum absolute atomic E-state index is 0.178. The third-order valence-electron chi connectivity index (χ3n) is 3.33. The van der Waals surface area contributed by atoms with Gasteiger partial charge in [0, 0.05) is 16.1 Å². The van der Waals surface area contributed by atoms with E-state index in [-0.39, 0.29) is 5.56 Å². The van der Waals surface area contributed by atoms with Crippen LogP contribution in [0.5, 0.6) is 0 Å². The van der Waals surface area contributed by atoms with Crippen molar-refractivity contribution in [2.24, 2.45) is 0 Å². The van der Waals surface area contributed by atoms with E-state index in [4.69, 9.17) is 0 Å². The van der Waals surface area contributed by atoms with E-state index < -0.39 is 0 Å². The SMILES string of the molecule is Cc1cc(=O)[nH]nc1-c1ccc(-c2ccc(Br)cc2)cc1. The van der Waals surface area contributed by atoms with Crippen molar-refractivity contribution < 1.29 is 0 Å². The van der Waals surface area contributed by atoms with Crippen molar-refractivity contribution in [1.82, 2.24) is 10.2 Å². The molecule has 1 heterocycles. The Balaban J connectivity index is 1.97. The number of aromatic nitrogens is 2. The zero-order valence-corrected chi connectivity index (χ0v) is 13.0. The van der Waals surface area contributed by atoms with E-state index >= 15 is 0 Å². The summed E-state index contributed by atoms with van der Waals surface area (Å²) in [7, 11) is 0. The third kappa shape index (κ3) is 2.95. The highest BCUT2D eigenvalue weighted by Crippen LogP contribution is 2.25. The van der Waals surface area contributed by atoms with Crippen LogP contribution in [0.15, 0.2) is 63.9 Å². The van der Waals surface area contributed by atoms with Crippen LogP contribution in [0.25, 0.3) is 22.4 Å². The normalized spacial score (nSPS) is 10.6. The average molecular weight is 341 g/mol. The fourth-order valence-electron chi connectivity index (χ4n) is 2.25. The Hall–Kier alpha value is -2.20. The molecular weight excluding hydrogens is 328 g/mol. The van der Waals surface area contributed by atoms with Gasteiger partial charge in [0.05, 0.1) is 5.69 Å². The van der Waals surface area contributed by atoms with Gasteiger partial charge in [0.1, 0.15) is 0 Å². The van der Waals surface area contributed by atoms with Crippen LogP contribution >= 0.6 is 15.9 Å². The van der Waals surface area contributed by atoms with Gasteiger partial charge < -0.3 is 0 Å². The van der Waals surface area contributed by atoms with E-state index in [1.54, 1.807) is 6.07 Å². The van der Waals surface area contributed by atoms with Gasteiger partial charge in [-0.15, -0.1) is 0 Å². The van der Waals surface area contributed by atoms with Crippen LogP contribution in [0.3, 0.4) is 0 Å². The number of hydrogen-bond acceptors (Lipinski definition) is 2. The molecular formula is C17H13BrN2O. The predicted molar refractivity (Wildman–Crippen MR) is 88.2 cm³/mol. The summed E-state index contributed by atoms with van der Waals surface area (Å²) in [5.41, 5.74) is 4.80. The van der Waals surface area contributed by atoms with Gasteiger partial charge in [-0.05, 0) is 35.7 Å². The highest BCUT2D eigenvalue weighted by molar-refractivity contribution is 9.10. The number of hydrogen-bond donors (Lipinski definition) is 1. The lowest BCUT2D eigenvalue weighted by atomic mass is 10.0. The van der Waals surface area contributed by atoms with Gasteiger partial charge in [0.15, 0.2) is 0 Å². The van der Waals surface area contributed by atoms with E-state index in [0.717, 1.165) is 32.4 Å². The molecule has 0 fully saturated rings. The molecule has 0 aliphatic carbocycles. The van der Waals surface area contributed by atoms with E-state index in [0.29, 0.717) is 0 Å². The van der Waals surface area contributed by atoms with Gasteiger partial charge in [0.2, 0.25) is 0 Å². The molecule has 0 bridgehead atoms. The highest BCUT2D eigenvalue weighted by atomic mass is 79.9. The quantitative estimate of drug-likeness (QED) is 0.760. The predicted octanol–water partition coefficient (Wildman–Crippen LogP) is 4.17. The second-order valence-corrected chi connectivity index (χ2v) is 5.76. The molecule has 0 saturated heterocycles. The fraction of sp³-hybridized carbons (Fsp3) is 0.0588. The summed E-state index contributed by atoms with van der Waals surface area (Å²) in [4.78, 5) is 11.2. The molecule has 0 unspecified atom stereocenters. The van der Waals surface area contributed by atoms with Crippen LogP contribution in [0, 0.1) is 6.92 Å². The first-order valence-corrected chi connectivity index (χ1v) is 7.35. The van der Waals surface area contributed by atoms with Crippen molar-refractivity contribution in [3.63, 3.8) is 0 Å². The lowest BCUT2D eigenvalue weighted by Gasteiger charge is -2.06. The van der Waals surface area contributed by atoms with Crippen molar-refractivity contribution >= 4 is 15.9 Å². The molecule has 0 radical (unpaired) electrons. The summed E-state index contributed by atoms with van der Waals surface area (Å²) in [6.07, 6.45) is 0. The van der Waals surface area contributed by atoms with Gasteiger partial charge in [-0.3, -0.25) is 4.79 Å². The minimum atomic E-state index is -0.178. The van der Waals surface area contributed by atoms with Gasteiger partial charge >= 0.3 is 0 Å². The molecule has 0 aliphatic heterocycles. The van der Waals surface area contributed by atoms with E-state index in [1.165, 1.54) is 0 Å². The van der Waals surface area contributed by atoms with E-state index in [1.807, 2.05) is 31.2 Å². The second-order valence-electron chi connectivity index (χ2n) is 4.85. The fourth-order valence-corrected chi connectivity index (χ4v) is 2.52. The summed E-state index contributed by atoms with van der Waals surface area (Å²) in [6, 6.07) is 17.9. The van der Waals surface area contributed by atoms with Gasteiger partial charge in [-0.1, -0.05) is 52.3 Å². The lowest BCUT2D eigenvalue weighted by molar-refractivity contribution is 0.981. The van der Waals surface area contributed by atoms with Gasteiger partial charge in [-0.25, -0.2) is 5.10 Å². The molecule has 1 N–H and O–H groups in total. The van der Waals surface area contributed by atoms with Gasteiger partial charge in [-0.2, -0.15) is 5.10 Å². The first-order valence-electron chi connectivity index (χ1n) is 6.56. The third-order valence-corrected chi connectivity index (χ3v) is 3.86. The molecule has 4 heteroatoms. The minimum Gasteiger partial charge on any atom is -0.268 e. The molecule has 3 aromatic rings. The van der Waals surface area contributed by atoms with Crippen molar-refractivity contribution in [3.05, 3.63) is 75.0 Å². The summed E-state index contributed by atoms with van der Waals surface area (Å²) in [5.74, 6) is 0. The highest BCUT2D eigenvalue weighted by Gasteiger charge is 2.05. The van der Waals surface area contributed by atoms with Crippen LogP contribution in [0.2, 0.25) is 0 Å². The van der Waals surface area contributed by atoms with Crippen LogP contribution in [-0.2, 0) is 0 Å². The maximum atomic E-state index is 11.2. The van der Waals surface area contributed by atoms with Crippen molar-refractivity contribution in [1.29, 1.82) is 0 Å². The van der Waals surface area contributed by atoms with E-state index in [9.17, 15) is 4.79 Å². The number of aryl methyl sites for hydroxylation is 1. The maximum Gasteiger partial charge on any atom is 0.264 e. The number of benzene rings is 2. The van der Waals surface area contributed by atoms with Crippen LogP contribution in [0.1, 0.15) is 5.56 Å². The molecule has 0 atom stereocenters. The lowest BCUT2D eigenvalue weighted by Crippen LogP contribution is -2.08. The van der Waals surface area contributed by atoms with E-state index in [2.05, 4.69) is 50.4 Å². The Morgan fingerprint density at radius 2 is 1.43 bits per heavy atom. The maximum absolute atomic E-state index is 11.2. The van der Waals surface area contributed by atoms with Crippen molar-refractivity contribution in [2.45, 2.75) is 6.92 Å². The zero-order valence-electron chi connectivity index (χ0n) is 11.4. The Bertz CT molecular complexity index is 821. The smallest absolute Gasteiger partial charge is 0.264 e. The second kappa shape index (κ2) is 5.66. The first-order chi connectivity index (χ1) is 10.1. The number of nitrogens with one attached hydrogen (secondary N) is 1. The molecule has 3 rings (SSSR count). The zero-order chi connectivity index (χ0) is 14.8. The molecule has 0 spiro atoms. The number of halogens is 1. The van der Waals surface area contributed by atoms with Crippen molar-refractivity contribution in [2.75, 3.05) is 0 Å². The Kier molecular flexibility index (Phi) is 3.71.